The highest BCUT2D eigenvalue weighted by Crippen LogP contribution is 2.44. The second-order valence-corrected chi connectivity index (χ2v) is 7.18. The maximum atomic E-state index is 11.2. The highest BCUT2D eigenvalue weighted by Gasteiger charge is 2.49. The minimum absolute atomic E-state index is 0.00391. The molecule has 0 radical (unpaired) electrons. The molecule has 0 saturated carbocycles. The predicted octanol–water partition coefficient (Wildman–Crippen LogP) is 2.29. The molecule has 1 aromatic heterocycles. The lowest BCUT2D eigenvalue weighted by atomic mass is 9.71. The van der Waals surface area contributed by atoms with Crippen molar-refractivity contribution in [2.75, 3.05) is 20.2 Å². The molecule has 3 aliphatic rings. The van der Waals surface area contributed by atoms with E-state index in [-0.39, 0.29) is 12.0 Å². The first-order valence-corrected chi connectivity index (χ1v) is 8.76. The van der Waals surface area contributed by atoms with Crippen LogP contribution in [0.15, 0.2) is 43.1 Å². The number of hydrogen-bond donors (Lipinski definition) is 2. The topological polar surface area (TPSA) is 65.8 Å². The van der Waals surface area contributed by atoms with E-state index < -0.39 is 11.7 Å². The fraction of sp³-hybridized carbons (Fsp3) is 0.450. The SMILES string of the molecule is C=C[C@@]1(O)CN2CC[C@H]1C[C@H]2[C@@H](O)c1ccnc2ccc(OC)cc12. The third-order valence-corrected chi connectivity index (χ3v) is 5.94. The average molecular weight is 340 g/mol. The van der Waals surface area contributed by atoms with Gasteiger partial charge in [0.15, 0.2) is 0 Å². The van der Waals surface area contributed by atoms with Crippen LogP contribution < -0.4 is 4.74 Å². The summed E-state index contributed by atoms with van der Waals surface area (Å²) in [5.41, 5.74) is 0.873. The van der Waals surface area contributed by atoms with Crippen molar-refractivity contribution in [1.29, 1.82) is 0 Å². The molecule has 4 heterocycles. The zero-order chi connectivity index (χ0) is 17.6. The quantitative estimate of drug-likeness (QED) is 0.836. The van der Waals surface area contributed by atoms with Crippen LogP contribution in [0.1, 0.15) is 24.5 Å². The number of rotatable bonds is 4. The van der Waals surface area contributed by atoms with Gasteiger partial charge in [-0.15, -0.1) is 6.58 Å². The van der Waals surface area contributed by atoms with Crippen LogP contribution in [0.5, 0.6) is 5.75 Å². The number of nitrogens with zero attached hydrogens (tertiary/aromatic N) is 2. The maximum Gasteiger partial charge on any atom is 0.119 e. The predicted molar refractivity (Wildman–Crippen MR) is 96.5 cm³/mol. The summed E-state index contributed by atoms with van der Waals surface area (Å²) in [7, 11) is 1.63. The lowest BCUT2D eigenvalue weighted by Crippen LogP contribution is -2.63. The monoisotopic (exact) mass is 340 g/mol. The first kappa shape index (κ1) is 16.5. The van der Waals surface area contributed by atoms with Crippen molar-refractivity contribution >= 4 is 10.9 Å². The van der Waals surface area contributed by atoms with Crippen LogP contribution in [-0.4, -0.2) is 51.9 Å². The Hall–Kier alpha value is -1.95. The number of ether oxygens (including phenoxy) is 1. The van der Waals surface area contributed by atoms with Gasteiger partial charge in [0, 0.05) is 24.2 Å². The standard InChI is InChI=1S/C20H24N2O3/c1-3-20(24)12-22-9-7-13(20)10-18(22)19(23)15-6-8-21-17-5-4-14(25-2)11-16(15)17/h3-6,8,11,13,18-19,23-24H,1,7,9-10,12H2,2H3/t13-,18-,19-,20+/m0/s1. The van der Waals surface area contributed by atoms with E-state index in [2.05, 4.69) is 16.5 Å². The van der Waals surface area contributed by atoms with E-state index in [1.165, 1.54) is 0 Å². The first-order valence-electron chi connectivity index (χ1n) is 8.76. The molecule has 5 rings (SSSR count). The Morgan fingerprint density at radius 3 is 2.96 bits per heavy atom. The third-order valence-electron chi connectivity index (χ3n) is 5.94. The Morgan fingerprint density at radius 2 is 2.28 bits per heavy atom. The number of piperidine rings is 3. The second kappa shape index (κ2) is 6.09. The molecule has 25 heavy (non-hydrogen) atoms. The van der Waals surface area contributed by atoms with Crippen molar-refractivity contribution in [3.05, 3.63) is 48.7 Å². The fourth-order valence-electron chi connectivity index (χ4n) is 4.45. The number of aliphatic hydroxyl groups is 2. The van der Waals surface area contributed by atoms with E-state index in [1.54, 1.807) is 19.4 Å². The number of aliphatic hydroxyl groups excluding tert-OH is 1. The van der Waals surface area contributed by atoms with Crippen molar-refractivity contribution in [2.45, 2.75) is 30.6 Å². The van der Waals surface area contributed by atoms with E-state index >= 15 is 0 Å². The molecular formula is C20H24N2O3. The van der Waals surface area contributed by atoms with Crippen LogP contribution in [0.25, 0.3) is 10.9 Å². The maximum absolute atomic E-state index is 11.2. The molecule has 5 atom stereocenters. The van der Waals surface area contributed by atoms with Crippen LogP contribution >= 0.6 is 0 Å². The molecule has 5 heteroatoms. The van der Waals surface area contributed by atoms with Gasteiger partial charge in [0.2, 0.25) is 0 Å². The number of methoxy groups -OCH3 is 1. The smallest absolute Gasteiger partial charge is 0.119 e. The summed E-state index contributed by atoms with van der Waals surface area (Å²) in [5, 5.41) is 22.8. The van der Waals surface area contributed by atoms with Crippen molar-refractivity contribution in [2.24, 2.45) is 5.92 Å². The number of fused-ring (bicyclic) bond motifs is 4. The molecule has 1 unspecified atom stereocenters. The highest BCUT2D eigenvalue weighted by molar-refractivity contribution is 5.83. The van der Waals surface area contributed by atoms with Crippen molar-refractivity contribution in [1.82, 2.24) is 9.88 Å². The Balaban J connectivity index is 1.69. The summed E-state index contributed by atoms with van der Waals surface area (Å²) in [6.07, 6.45) is 4.48. The molecular weight excluding hydrogens is 316 g/mol. The Labute approximate surface area is 147 Å². The number of aromatic nitrogens is 1. The molecule has 5 nitrogen and oxygen atoms in total. The average Bonchev–Trinajstić information content (AvgIpc) is 2.66. The van der Waals surface area contributed by atoms with Gasteiger partial charge in [0.1, 0.15) is 5.75 Å². The molecule has 0 amide bonds. The van der Waals surface area contributed by atoms with Gasteiger partial charge in [-0.25, -0.2) is 0 Å². The van der Waals surface area contributed by atoms with E-state index in [1.807, 2.05) is 24.3 Å². The van der Waals surface area contributed by atoms with Gasteiger partial charge in [-0.2, -0.15) is 0 Å². The van der Waals surface area contributed by atoms with E-state index in [0.29, 0.717) is 6.54 Å². The van der Waals surface area contributed by atoms with Gasteiger partial charge in [-0.05, 0) is 55.1 Å². The molecule has 1 aromatic carbocycles. The van der Waals surface area contributed by atoms with E-state index in [9.17, 15) is 10.2 Å². The number of hydrogen-bond acceptors (Lipinski definition) is 5. The molecule has 2 bridgehead atoms. The van der Waals surface area contributed by atoms with Crippen LogP contribution in [-0.2, 0) is 0 Å². The number of pyridine rings is 1. The number of benzene rings is 1. The summed E-state index contributed by atoms with van der Waals surface area (Å²) in [6.45, 7) is 5.24. The fourth-order valence-corrected chi connectivity index (χ4v) is 4.45. The molecule has 3 aliphatic heterocycles. The van der Waals surface area contributed by atoms with Gasteiger partial charge in [0.25, 0.3) is 0 Å². The van der Waals surface area contributed by atoms with E-state index in [0.717, 1.165) is 41.6 Å². The lowest BCUT2D eigenvalue weighted by molar-refractivity contribution is -0.127. The summed E-state index contributed by atoms with van der Waals surface area (Å²) in [6, 6.07) is 7.60. The minimum Gasteiger partial charge on any atom is -0.497 e. The van der Waals surface area contributed by atoms with Crippen LogP contribution in [0.2, 0.25) is 0 Å². The molecule has 2 N–H and O–H groups in total. The summed E-state index contributed by atoms with van der Waals surface area (Å²) in [4.78, 5) is 6.59. The Morgan fingerprint density at radius 1 is 1.44 bits per heavy atom. The summed E-state index contributed by atoms with van der Waals surface area (Å²) >= 11 is 0. The van der Waals surface area contributed by atoms with E-state index in [4.69, 9.17) is 4.74 Å². The summed E-state index contributed by atoms with van der Waals surface area (Å²) in [5.74, 6) is 0.901. The zero-order valence-electron chi connectivity index (χ0n) is 14.4. The van der Waals surface area contributed by atoms with Crippen LogP contribution in [0.3, 0.4) is 0 Å². The zero-order valence-corrected chi connectivity index (χ0v) is 14.4. The van der Waals surface area contributed by atoms with Gasteiger partial charge in [0.05, 0.1) is 24.3 Å². The van der Waals surface area contributed by atoms with Gasteiger partial charge in [-0.3, -0.25) is 9.88 Å². The largest absolute Gasteiger partial charge is 0.497 e. The van der Waals surface area contributed by atoms with Gasteiger partial charge < -0.3 is 14.9 Å². The minimum atomic E-state index is -0.835. The summed E-state index contributed by atoms with van der Waals surface area (Å²) < 4.78 is 5.33. The molecule has 2 aromatic rings. The molecule has 0 aliphatic carbocycles. The Kier molecular flexibility index (Phi) is 4.02. The van der Waals surface area contributed by atoms with Crippen molar-refractivity contribution in [3.8, 4) is 5.75 Å². The van der Waals surface area contributed by atoms with Crippen molar-refractivity contribution in [3.63, 3.8) is 0 Å². The molecule has 132 valence electrons. The molecule has 3 saturated heterocycles. The van der Waals surface area contributed by atoms with Gasteiger partial charge >= 0.3 is 0 Å². The third kappa shape index (κ3) is 2.63. The second-order valence-electron chi connectivity index (χ2n) is 7.18. The molecule has 3 fully saturated rings. The first-order chi connectivity index (χ1) is 12.1. The molecule has 0 spiro atoms. The van der Waals surface area contributed by atoms with Crippen LogP contribution in [0, 0.1) is 5.92 Å². The van der Waals surface area contributed by atoms with Crippen molar-refractivity contribution < 1.29 is 14.9 Å². The normalized spacial score (nSPS) is 32.5. The lowest BCUT2D eigenvalue weighted by Gasteiger charge is -2.54. The highest BCUT2D eigenvalue weighted by atomic mass is 16.5. The van der Waals surface area contributed by atoms with Crippen LogP contribution in [0.4, 0.5) is 0 Å². The Bertz CT molecular complexity index is 809. The van der Waals surface area contributed by atoms with Gasteiger partial charge in [-0.1, -0.05) is 6.08 Å².